The number of hydrogen-bond donors (Lipinski definition) is 0. The third kappa shape index (κ3) is 3.50. The Bertz CT molecular complexity index is 577. The van der Waals surface area contributed by atoms with Crippen molar-refractivity contribution in [3.8, 4) is 0 Å². The van der Waals surface area contributed by atoms with Crippen molar-refractivity contribution in [3.05, 3.63) is 29.9 Å². The average Bonchev–Trinajstić information content (AvgIpc) is 2.84. The number of imidazole rings is 1. The molecule has 3 rings (SSSR count). The molecule has 1 fully saturated rings. The molecule has 2 aliphatic rings. The number of likely N-dealkylation sites (N-methyl/N-ethyl adjacent to an activating group) is 1. The standard InChI is InChI=1S/C18H28N4O/c1-3-21-12-13-22(14-16(21)17-19-10-11-20(17)2)18(23)15-8-6-4-5-7-9-15/h8,10-11,16H,3-7,9,12-14H2,1-2H3. The fourth-order valence-corrected chi connectivity index (χ4v) is 3.74. The second-order valence-corrected chi connectivity index (χ2v) is 6.62. The molecule has 1 aliphatic heterocycles. The Morgan fingerprint density at radius 3 is 2.91 bits per heavy atom. The summed E-state index contributed by atoms with van der Waals surface area (Å²) in [5.41, 5.74) is 1.03. The quantitative estimate of drug-likeness (QED) is 0.860. The Labute approximate surface area is 139 Å². The summed E-state index contributed by atoms with van der Waals surface area (Å²) in [6.07, 6.45) is 11.6. The van der Waals surface area contributed by atoms with Crippen LogP contribution in [0.25, 0.3) is 0 Å². The van der Waals surface area contributed by atoms with E-state index in [1.165, 1.54) is 12.8 Å². The third-order valence-electron chi connectivity index (χ3n) is 5.16. The molecule has 0 spiro atoms. The monoisotopic (exact) mass is 316 g/mol. The molecular weight excluding hydrogens is 288 g/mol. The molecule has 1 saturated heterocycles. The minimum Gasteiger partial charge on any atom is -0.337 e. The first kappa shape index (κ1) is 16.2. The van der Waals surface area contributed by atoms with Crippen LogP contribution in [0.4, 0.5) is 0 Å². The van der Waals surface area contributed by atoms with E-state index in [2.05, 4.69) is 27.5 Å². The van der Waals surface area contributed by atoms with Crippen molar-refractivity contribution in [1.29, 1.82) is 0 Å². The highest BCUT2D eigenvalue weighted by Gasteiger charge is 2.32. The van der Waals surface area contributed by atoms with Crippen LogP contribution in [0.3, 0.4) is 0 Å². The number of carbonyl (C=O) groups excluding carboxylic acids is 1. The molecule has 1 atom stereocenters. The van der Waals surface area contributed by atoms with E-state index in [1.807, 2.05) is 24.3 Å². The molecule has 2 heterocycles. The van der Waals surface area contributed by atoms with Gasteiger partial charge in [-0.05, 0) is 32.2 Å². The summed E-state index contributed by atoms with van der Waals surface area (Å²) in [5.74, 6) is 1.31. The van der Waals surface area contributed by atoms with Gasteiger partial charge >= 0.3 is 0 Å². The van der Waals surface area contributed by atoms with Crippen molar-refractivity contribution >= 4 is 5.91 Å². The first-order valence-corrected chi connectivity index (χ1v) is 8.90. The van der Waals surface area contributed by atoms with Gasteiger partial charge in [0.25, 0.3) is 0 Å². The second-order valence-electron chi connectivity index (χ2n) is 6.62. The number of nitrogens with zero attached hydrogens (tertiary/aromatic N) is 4. The van der Waals surface area contributed by atoms with Gasteiger partial charge in [0.05, 0.1) is 6.04 Å². The van der Waals surface area contributed by atoms with Crippen molar-refractivity contribution in [2.75, 3.05) is 26.2 Å². The Balaban J connectivity index is 1.76. The molecule has 5 nitrogen and oxygen atoms in total. The fraction of sp³-hybridized carbons (Fsp3) is 0.667. The normalized spacial score (nSPS) is 23.5. The van der Waals surface area contributed by atoms with Gasteiger partial charge in [-0.3, -0.25) is 9.69 Å². The Kier molecular flexibility index (Phi) is 5.16. The van der Waals surface area contributed by atoms with E-state index in [9.17, 15) is 4.79 Å². The van der Waals surface area contributed by atoms with Gasteiger partial charge in [-0.1, -0.05) is 19.4 Å². The maximum Gasteiger partial charge on any atom is 0.249 e. The molecule has 23 heavy (non-hydrogen) atoms. The minimum atomic E-state index is 0.198. The van der Waals surface area contributed by atoms with Crippen LogP contribution in [0, 0.1) is 0 Å². The van der Waals surface area contributed by atoms with E-state index in [1.54, 1.807) is 0 Å². The fourth-order valence-electron chi connectivity index (χ4n) is 3.74. The van der Waals surface area contributed by atoms with Crippen LogP contribution in [0.15, 0.2) is 24.0 Å². The van der Waals surface area contributed by atoms with E-state index in [4.69, 9.17) is 0 Å². The number of amides is 1. The molecule has 0 aromatic carbocycles. The van der Waals surface area contributed by atoms with Gasteiger partial charge in [-0.15, -0.1) is 0 Å². The molecular formula is C18H28N4O. The van der Waals surface area contributed by atoms with Crippen LogP contribution in [0.2, 0.25) is 0 Å². The molecule has 5 heteroatoms. The van der Waals surface area contributed by atoms with Crippen LogP contribution < -0.4 is 0 Å². The molecule has 1 amide bonds. The predicted octanol–water partition coefficient (Wildman–Crippen LogP) is 2.52. The van der Waals surface area contributed by atoms with Gasteiger partial charge in [0.1, 0.15) is 5.82 Å². The van der Waals surface area contributed by atoms with Gasteiger partial charge < -0.3 is 9.47 Å². The summed E-state index contributed by atoms with van der Waals surface area (Å²) in [7, 11) is 2.03. The van der Waals surface area contributed by atoms with E-state index in [0.717, 1.165) is 56.8 Å². The molecule has 0 saturated carbocycles. The number of carbonyl (C=O) groups is 1. The highest BCUT2D eigenvalue weighted by molar-refractivity contribution is 5.93. The first-order chi connectivity index (χ1) is 11.2. The summed E-state index contributed by atoms with van der Waals surface area (Å²) in [6, 6.07) is 0.198. The van der Waals surface area contributed by atoms with Crippen molar-refractivity contribution in [2.24, 2.45) is 7.05 Å². The van der Waals surface area contributed by atoms with Crippen LogP contribution in [-0.2, 0) is 11.8 Å². The lowest BCUT2D eigenvalue weighted by Crippen LogP contribution is -2.51. The van der Waals surface area contributed by atoms with Crippen LogP contribution >= 0.6 is 0 Å². The molecule has 1 unspecified atom stereocenters. The van der Waals surface area contributed by atoms with Gasteiger partial charge in [0.15, 0.2) is 0 Å². The lowest BCUT2D eigenvalue weighted by Gasteiger charge is -2.40. The van der Waals surface area contributed by atoms with Crippen LogP contribution in [0.1, 0.15) is 50.9 Å². The summed E-state index contributed by atoms with van der Waals surface area (Å²) in [4.78, 5) is 21.9. The highest BCUT2D eigenvalue weighted by atomic mass is 16.2. The summed E-state index contributed by atoms with van der Waals surface area (Å²) >= 11 is 0. The summed E-state index contributed by atoms with van der Waals surface area (Å²) in [6.45, 7) is 5.66. The Hall–Kier alpha value is -1.62. The van der Waals surface area contributed by atoms with Gasteiger partial charge in [-0.2, -0.15) is 0 Å². The SMILES string of the molecule is CCN1CCN(C(=O)C2=CCCCCC2)CC1c1nccn1C. The van der Waals surface area contributed by atoms with Gasteiger partial charge in [0, 0.05) is 44.6 Å². The smallest absolute Gasteiger partial charge is 0.249 e. The molecule has 126 valence electrons. The van der Waals surface area contributed by atoms with Crippen molar-refractivity contribution < 1.29 is 4.79 Å². The van der Waals surface area contributed by atoms with E-state index < -0.39 is 0 Å². The number of aromatic nitrogens is 2. The molecule has 0 radical (unpaired) electrons. The molecule has 1 aromatic heterocycles. The number of piperazine rings is 1. The summed E-state index contributed by atoms with van der Waals surface area (Å²) in [5, 5.41) is 0. The van der Waals surface area contributed by atoms with E-state index in [-0.39, 0.29) is 11.9 Å². The topological polar surface area (TPSA) is 41.4 Å². The molecule has 1 aliphatic carbocycles. The number of allylic oxidation sites excluding steroid dienone is 1. The van der Waals surface area contributed by atoms with Crippen LogP contribution in [0.5, 0.6) is 0 Å². The van der Waals surface area contributed by atoms with E-state index in [0.29, 0.717) is 0 Å². The Morgan fingerprint density at radius 1 is 1.30 bits per heavy atom. The van der Waals surface area contributed by atoms with Gasteiger partial charge in [0.2, 0.25) is 5.91 Å². The van der Waals surface area contributed by atoms with Crippen molar-refractivity contribution in [1.82, 2.24) is 19.4 Å². The van der Waals surface area contributed by atoms with Crippen LogP contribution in [-0.4, -0.2) is 51.4 Å². The van der Waals surface area contributed by atoms with Gasteiger partial charge in [-0.25, -0.2) is 4.98 Å². The molecule has 1 aromatic rings. The maximum absolute atomic E-state index is 12.9. The minimum absolute atomic E-state index is 0.198. The van der Waals surface area contributed by atoms with Crippen molar-refractivity contribution in [2.45, 2.75) is 45.1 Å². The Morgan fingerprint density at radius 2 is 2.17 bits per heavy atom. The van der Waals surface area contributed by atoms with E-state index >= 15 is 0 Å². The summed E-state index contributed by atoms with van der Waals surface area (Å²) < 4.78 is 2.08. The van der Waals surface area contributed by atoms with Crippen molar-refractivity contribution in [3.63, 3.8) is 0 Å². The first-order valence-electron chi connectivity index (χ1n) is 8.90. The zero-order valence-corrected chi connectivity index (χ0v) is 14.4. The molecule has 0 N–H and O–H groups in total. The zero-order chi connectivity index (χ0) is 16.2. The number of rotatable bonds is 3. The second kappa shape index (κ2) is 7.30. The highest BCUT2D eigenvalue weighted by Crippen LogP contribution is 2.26. The third-order valence-corrected chi connectivity index (χ3v) is 5.16. The number of hydrogen-bond acceptors (Lipinski definition) is 3. The lowest BCUT2D eigenvalue weighted by atomic mass is 10.1. The maximum atomic E-state index is 12.9. The average molecular weight is 316 g/mol. The largest absolute Gasteiger partial charge is 0.337 e. The zero-order valence-electron chi connectivity index (χ0n) is 14.4. The number of aryl methyl sites for hydroxylation is 1. The lowest BCUT2D eigenvalue weighted by molar-refractivity contribution is -0.130. The predicted molar refractivity (Wildman–Crippen MR) is 90.9 cm³/mol. The molecule has 0 bridgehead atoms.